The highest BCUT2D eigenvalue weighted by atomic mass is 16.2. The lowest BCUT2D eigenvalue weighted by Gasteiger charge is -2.18. The molecule has 2 N–H and O–H groups in total. The van der Waals surface area contributed by atoms with Crippen LogP contribution in [0, 0.1) is 0 Å². The molecule has 3 amide bonds. The van der Waals surface area contributed by atoms with Crippen LogP contribution in [0.2, 0.25) is 0 Å². The Morgan fingerprint density at radius 3 is 2.28 bits per heavy atom. The molecule has 1 aromatic rings. The molecule has 0 aliphatic rings. The van der Waals surface area contributed by atoms with Crippen molar-refractivity contribution >= 4 is 17.6 Å². The molecular weight excluding hydrogens is 230 g/mol. The molecule has 0 atom stereocenters. The minimum Gasteiger partial charge on any atom is -0.342 e. The van der Waals surface area contributed by atoms with Gasteiger partial charge in [-0.1, -0.05) is 18.2 Å². The summed E-state index contributed by atoms with van der Waals surface area (Å²) in [7, 11) is 0. The molecule has 0 unspecified atom stereocenters. The van der Waals surface area contributed by atoms with Crippen molar-refractivity contribution < 1.29 is 9.59 Å². The molecule has 0 aromatic heterocycles. The van der Waals surface area contributed by atoms with Gasteiger partial charge in [-0.25, -0.2) is 4.79 Å². The summed E-state index contributed by atoms with van der Waals surface area (Å²) in [6, 6.07) is 8.72. The molecule has 0 saturated heterocycles. The third-order valence-corrected chi connectivity index (χ3v) is 2.55. The smallest absolute Gasteiger partial charge is 0.319 e. The van der Waals surface area contributed by atoms with Crippen molar-refractivity contribution in [1.29, 1.82) is 0 Å². The van der Waals surface area contributed by atoms with Crippen LogP contribution in [0.15, 0.2) is 30.3 Å². The molecule has 0 bridgehead atoms. The van der Waals surface area contributed by atoms with Crippen molar-refractivity contribution in [1.82, 2.24) is 10.2 Å². The fourth-order valence-electron chi connectivity index (χ4n) is 1.54. The van der Waals surface area contributed by atoms with E-state index >= 15 is 0 Å². The van der Waals surface area contributed by atoms with Gasteiger partial charge in [0, 0.05) is 18.8 Å². The second-order valence-electron chi connectivity index (χ2n) is 3.74. The number of nitrogens with zero attached hydrogens (tertiary/aromatic N) is 1. The Morgan fingerprint density at radius 2 is 1.72 bits per heavy atom. The molecule has 98 valence electrons. The average molecular weight is 249 g/mol. The summed E-state index contributed by atoms with van der Waals surface area (Å²) < 4.78 is 0. The highest BCUT2D eigenvalue weighted by molar-refractivity contribution is 5.92. The van der Waals surface area contributed by atoms with E-state index in [0.29, 0.717) is 18.8 Å². The fourth-order valence-corrected chi connectivity index (χ4v) is 1.54. The zero-order valence-corrected chi connectivity index (χ0v) is 10.8. The first-order valence-electron chi connectivity index (χ1n) is 6.05. The predicted octanol–water partition coefficient (Wildman–Crippen LogP) is 1.68. The van der Waals surface area contributed by atoms with E-state index < -0.39 is 0 Å². The van der Waals surface area contributed by atoms with E-state index in [1.165, 1.54) is 0 Å². The van der Waals surface area contributed by atoms with Gasteiger partial charge in [0.2, 0.25) is 5.91 Å². The Morgan fingerprint density at radius 1 is 1.11 bits per heavy atom. The minimum absolute atomic E-state index is 0.0142. The molecule has 1 aromatic carbocycles. The SMILES string of the molecule is CCN(CC)C(=O)CNC(=O)Nc1ccccc1. The number of benzene rings is 1. The van der Waals surface area contributed by atoms with E-state index in [1.54, 1.807) is 17.0 Å². The van der Waals surface area contributed by atoms with Crippen molar-refractivity contribution in [3.05, 3.63) is 30.3 Å². The largest absolute Gasteiger partial charge is 0.342 e. The molecule has 0 aliphatic heterocycles. The van der Waals surface area contributed by atoms with Gasteiger partial charge in [-0.05, 0) is 26.0 Å². The molecule has 0 spiro atoms. The van der Waals surface area contributed by atoms with Crippen LogP contribution in [0.3, 0.4) is 0 Å². The minimum atomic E-state index is -0.373. The highest BCUT2D eigenvalue weighted by Gasteiger charge is 2.10. The maximum Gasteiger partial charge on any atom is 0.319 e. The fraction of sp³-hybridized carbons (Fsp3) is 0.385. The molecule has 0 heterocycles. The van der Waals surface area contributed by atoms with Gasteiger partial charge in [0.25, 0.3) is 0 Å². The predicted molar refractivity (Wildman–Crippen MR) is 71.4 cm³/mol. The number of para-hydroxylation sites is 1. The van der Waals surface area contributed by atoms with E-state index in [9.17, 15) is 9.59 Å². The number of likely N-dealkylation sites (N-methyl/N-ethyl adjacent to an activating group) is 1. The van der Waals surface area contributed by atoms with Gasteiger partial charge in [-0.2, -0.15) is 0 Å². The third-order valence-electron chi connectivity index (χ3n) is 2.55. The molecule has 0 radical (unpaired) electrons. The Hall–Kier alpha value is -2.04. The van der Waals surface area contributed by atoms with Crippen LogP contribution in [0.5, 0.6) is 0 Å². The monoisotopic (exact) mass is 249 g/mol. The van der Waals surface area contributed by atoms with Gasteiger partial charge >= 0.3 is 6.03 Å². The Bertz CT molecular complexity index is 388. The maximum absolute atomic E-state index is 11.6. The molecule has 5 heteroatoms. The van der Waals surface area contributed by atoms with Gasteiger partial charge in [0.15, 0.2) is 0 Å². The average Bonchev–Trinajstić information content (AvgIpc) is 2.39. The summed E-state index contributed by atoms with van der Waals surface area (Å²) in [4.78, 5) is 24.8. The van der Waals surface area contributed by atoms with Crippen LogP contribution in [0.1, 0.15) is 13.8 Å². The number of anilines is 1. The Labute approximate surface area is 107 Å². The summed E-state index contributed by atoms with van der Waals surface area (Å²) in [5.41, 5.74) is 0.699. The Balaban J connectivity index is 2.35. The van der Waals surface area contributed by atoms with Gasteiger partial charge in [-0.15, -0.1) is 0 Å². The van der Waals surface area contributed by atoms with Crippen LogP contribution < -0.4 is 10.6 Å². The first kappa shape index (κ1) is 14.0. The first-order chi connectivity index (χ1) is 8.67. The van der Waals surface area contributed by atoms with E-state index in [2.05, 4.69) is 10.6 Å². The standard InChI is InChI=1S/C13H19N3O2/c1-3-16(4-2)12(17)10-14-13(18)15-11-8-6-5-7-9-11/h5-9H,3-4,10H2,1-2H3,(H2,14,15,18). The molecule has 1 rings (SSSR count). The van der Waals surface area contributed by atoms with Crippen LogP contribution in [0.25, 0.3) is 0 Å². The van der Waals surface area contributed by atoms with Crippen molar-refractivity contribution in [3.8, 4) is 0 Å². The molecule has 5 nitrogen and oxygen atoms in total. The number of urea groups is 1. The summed E-state index contributed by atoms with van der Waals surface area (Å²) in [6.45, 7) is 5.13. The molecule has 0 saturated carbocycles. The van der Waals surface area contributed by atoms with Gasteiger partial charge in [0.1, 0.15) is 0 Å². The molecule has 0 aliphatic carbocycles. The van der Waals surface area contributed by atoms with Crippen LogP contribution >= 0.6 is 0 Å². The lowest BCUT2D eigenvalue weighted by atomic mass is 10.3. The lowest BCUT2D eigenvalue weighted by Crippen LogP contribution is -2.41. The first-order valence-corrected chi connectivity index (χ1v) is 6.05. The summed E-state index contributed by atoms with van der Waals surface area (Å²) >= 11 is 0. The van der Waals surface area contributed by atoms with Crippen LogP contribution in [-0.4, -0.2) is 36.5 Å². The quantitative estimate of drug-likeness (QED) is 0.834. The maximum atomic E-state index is 11.6. The van der Waals surface area contributed by atoms with Gasteiger partial charge in [0.05, 0.1) is 6.54 Å². The number of amides is 3. The summed E-state index contributed by atoms with van der Waals surface area (Å²) in [5.74, 6) is -0.0804. The number of hydrogen-bond donors (Lipinski definition) is 2. The second-order valence-corrected chi connectivity index (χ2v) is 3.74. The number of rotatable bonds is 5. The third kappa shape index (κ3) is 4.45. The zero-order valence-electron chi connectivity index (χ0n) is 10.8. The zero-order chi connectivity index (χ0) is 13.4. The second kappa shape index (κ2) is 7.32. The van der Waals surface area contributed by atoms with Crippen LogP contribution in [-0.2, 0) is 4.79 Å². The van der Waals surface area contributed by atoms with Crippen molar-refractivity contribution in [2.45, 2.75) is 13.8 Å². The van der Waals surface area contributed by atoms with E-state index in [0.717, 1.165) is 0 Å². The van der Waals surface area contributed by atoms with Crippen molar-refractivity contribution in [3.63, 3.8) is 0 Å². The number of carbonyl (C=O) groups is 2. The Kier molecular flexibility index (Phi) is 5.70. The summed E-state index contributed by atoms with van der Waals surface area (Å²) in [5, 5.41) is 5.19. The van der Waals surface area contributed by atoms with Crippen LogP contribution in [0.4, 0.5) is 10.5 Å². The van der Waals surface area contributed by atoms with Gasteiger partial charge < -0.3 is 15.5 Å². The lowest BCUT2D eigenvalue weighted by molar-refractivity contribution is -0.129. The molecule has 0 fully saturated rings. The normalized spacial score (nSPS) is 9.67. The highest BCUT2D eigenvalue weighted by Crippen LogP contribution is 2.03. The molecular formula is C13H19N3O2. The topological polar surface area (TPSA) is 61.4 Å². The number of hydrogen-bond acceptors (Lipinski definition) is 2. The van der Waals surface area contributed by atoms with Crippen molar-refractivity contribution in [2.75, 3.05) is 25.0 Å². The number of nitrogens with one attached hydrogen (secondary N) is 2. The van der Waals surface area contributed by atoms with E-state index in [-0.39, 0.29) is 18.5 Å². The van der Waals surface area contributed by atoms with Gasteiger partial charge in [-0.3, -0.25) is 4.79 Å². The van der Waals surface area contributed by atoms with Crippen molar-refractivity contribution in [2.24, 2.45) is 0 Å². The van der Waals surface area contributed by atoms with E-state index in [4.69, 9.17) is 0 Å². The summed E-state index contributed by atoms with van der Waals surface area (Å²) in [6.07, 6.45) is 0. The van der Waals surface area contributed by atoms with E-state index in [1.807, 2.05) is 32.0 Å². The molecule has 18 heavy (non-hydrogen) atoms. The number of carbonyl (C=O) groups excluding carboxylic acids is 2.